The van der Waals surface area contributed by atoms with E-state index in [1.807, 2.05) is 0 Å². The fraction of sp³-hybridized carbons (Fsp3) is 0.222. The average Bonchev–Trinajstić information content (AvgIpc) is 2.08. The minimum Gasteiger partial charge on any atom is -0.295 e. The fourth-order valence-electron chi connectivity index (χ4n) is 0.970. The molecule has 0 aliphatic heterocycles. The van der Waals surface area contributed by atoms with Crippen molar-refractivity contribution in [1.29, 1.82) is 0 Å². The standard InChI is InChI=1S/C9H10BFO/c1-6-2-3-7(4-8(6)11)9(12)5-10/h2-4H,5,10H2,1H3. The zero-order valence-electron chi connectivity index (χ0n) is 7.23. The normalized spacial score (nSPS) is 9.83. The first-order valence-corrected chi connectivity index (χ1v) is 3.94. The van der Waals surface area contributed by atoms with Gasteiger partial charge in [-0.1, -0.05) is 12.1 Å². The van der Waals surface area contributed by atoms with Crippen LogP contribution in [0.2, 0.25) is 6.32 Å². The van der Waals surface area contributed by atoms with Gasteiger partial charge in [0.25, 0.3) is 0 Å². The highest BCUT2D eigenvalue weighted by molar-refractivity contribution is 6.23. The Morgan fingerprint density at radius 3 is 2.75 bits per heavy atom. The Bertz CT molecular complexity index is 309. The number of ketones is 1. The topological polar surface area (TPSA) is 17.1 Å². The Morgan fingerprint density at radius 1 is 1.58 bits per heavy atom. The van der Waals surface area contributed by atoms with E-state index in [1.54, 1.807) is 26.9 Å². The van der Waals surface area contributed by atoms with Gasteiger partial charge in [0.15, 0.2) is 5.78 Å². The zero-order valence-corrected chi connectivity index (χ0v) is 7.23. The van der Waals surface area contributed by atoms with Gasteiger partial charge in [-0.05, 0) is 24.9 Å². The summed E-state index contributed by atoms with van der Waals surface area (Å²) < 4.78 is 12.9. The van der Waals surface area contributed by atoms with Gasteiger partial charge in [-0.15, -0.1) is 0 Å². The van der Waals surface area contributed by atoms with E-state index in [2.05, 4.69) is 0 Å². The molecule has 62 valence electrons. The maximum atomic E-state index is 12.9. The zero-order chi connectivity index (χ0) is 9.14. The molecular formula is C9H10BFO. The van der Waals surface area contributed by atoms with Crippen LogP contribution in [0.15, 0.2) is 18.2 Å². The molecule has 0 unspecified atom stereocenters. The smallest absolute Gasteiger partial charge is 0.155 e. The molecule has 0 saturated heterocycles. The molecule has 0 bridgehead atoms. The number of halogens is 1. The van der Waals surface area contributed by atoms with Gasteiger partial charge in [-0.2, -0.15) is 0 Å². The van der Waals surface area contributed by atoms with E-state index < -0.39 is 0 Å². The van der Waals surface area contributed by atoms with Gasteiger partial charge in [-0.25, -0.2) is 4.39 Å². The highest BCUT2D eigenvalue weighted by atomic mass is 19.1. The first-order valence-electron chi connectivity index (χ1n) is 3.94. The first-order chi connectivity index (χ1) is 5.65. The van der Waals surface area contributed by atoms with E-state index in [4.69, 9.17) is 0 Å². The van der Waals surface area contributed by atoms with Crippen LogP contribution >= 0.6 is 0 Å². The highest BCUT2D eigenvalue weighted by Gasteiger charge is 2.04. The number of benzene rings is 1. The lowest BCUT2D eigenvalue weighted by atomic mass is 9.95. The monoisotopic (exact) mass is 164 g/mol. The van der Waals surface area contributed by atoms with Crippen LogP contribution in [-0.4, -0.2) is 13.6 Å². The first kappa shape index (κ1) is 8.98. The molecule has 3 heteroatoms. The fourth-order valence-corrected chi connectivity index (χ4v) is 0.970. The second kappa shape index (κ2) is 3.52. The molecular weight excluding hydrogens is 154 g/mol. The summed E-state index contributed by atoms with van der Waals surface area (Å²) in [5.41, 5.74) is 1.03. The minimum atomic E-state index is -0.311. The van der Waals surface area contributed by atoms with Crippen molar-refractivity contribution in [2.75, 3.05) is 0 Å². The molecule has 1 rings (SSSR count). The minimum absolute atomic E-state index is 0.0195. The van der Waals surface area contributed by atoms with Crippen LogP contribution in [0.5, 0.6) is 0 Å². The molecule has 0 heterocycles. The van der Waals surface area contributed by atoms with Gasteiger partial charge in [-0.3, -0.25) is 4.79 Å². The molecule has 0 fully saturated rings. The Kier molecular flexibility index (Phi) is 2.63. The molecule has 0 radical (unpaired) electrons. The van der Waals surface area contributed by atoms with Gasteiger partial charge >= 0.3 is 0 Å². The van der Waals surface area contributed by atoms with Crippen LogP contribution in [0.4, 0.5) is 4.39 Å². The Morgan fingerprint density at radius 2 is 2.25 bits per heavy atom. The molecule has 12 heavy (non-hydrogen) atoms. The number of carbonyl (C=O) groups is 1. The van der Waals surface area contributed by atoms with E-state index in [1.165, 1.54) is 6.07 Å². The number of rotatable bonds is 2. The summed E-state index contributed by atoms with van der Waals surface area (Å²) in [6.45, 7) is 1.68. The predicted octanol–water partition coefficient (Wildman–Crippen LogP) is 1.37. The molecule has 0 N–H and O–H groups in total. The van der Waals surface area contributed by atoms with Crippen LogP contribution in [0.1, 0.15) is 15.9 Å². The molecule has 0 aromatic heterocycles. The third kappa shape index (κ3) is 1.73. The van der Waals surface area contributed by atoms with Crippen molar-refractivity contribution in [3.05, 3.63) is 35.1 Å². The van der Waals surface area contributed by atoms with Gasteiger partial charge in [0.2, 0.25) is 0 Å². The van der Waals surface area contributed by atoms with Crippen molar-refractivity contribution in [2.45, 2.75) is 13.2 Å². The summed E-state index contributed by atoms with van der Waals surface area (Å²) >= 11 is 0. The van der Waals surface area contributed by atoms with Crippen molar-refractivity contribution in [2.24, 2.45) is 0 Å². The van der Waals surface area contributed by atoms with Crippen LogP contribution in [0.25, 0.3) is 0 Å². The molecule has 0 aliphatic carbocycles. The Hall–Kier alpha value is -1.12. The molecule has 1 aromatic rings. The summed E-state index contributed by atoms with van der Waals surface area (Å²) in [4.78, 5) is 11.1. The number of hydrogen-bond acceptors (Lipinski definition) is 1. The molecule has 0 saturated carbocycles. The maximum Gasteiger partial charge on any atom is 0.155 e. The second-order valence-electron chi connectivity index (χ2n) is 2.74. The quantitative estimate of drug-likeness (QED) is 0.476. The van der Waals surface area contributed by atoms with Gasteiger partial charge in [0.05, 0.1) is 0 Å². The van der Waals surface area contributed by atoms with Crippen LogP contribution in [0.3, 0.4) is 0 Å². The van der Waals surface area contributed by atoms with Gasteiger partial charge in [0, 0.05) is 5.56 Å². The van der Waals surface area contributed by atoms with Crippen molar-refractivity contribution in [3.63, 3.8) is 0 Å². The Balaban J connectivity index is 3.05. The average molecular weight is 164 g/mol. The van der Waals surface area contributed by atoms with Gasteiger partial charge in [0.1, 0.15) is 13.7 Å². The van der Waals surface area contributed by atoms with Crippen LogP contribution in [-0.2, 0) is 0 Å². The number of aryl methyl sites for hydroxylation is 1. The summed E-state index contributed by atoms with van der Waals surface area (Å²) in [5, 5.41) is 0. The number of carbonyl (C=O) groups excluding carboxylic acids is 1. The van der Waals surface area contributed by atoms with E-state index in [0.717, 1.165) is 0 Å². The van der Waals surface area contributed by atoms with Crippen molar-refractivity contribution >= 4 is 13.6 Å². The lowest BCUT2D eigenvalue weighted by molar-refractivity contribution is 0.101. The molecule has 0 amide bonds. The Labute approximate surface area is 72.0 Å². The molecule has 0 atom stereocenters. The van der Waals surface area contributed by atoms with Crippen LogP contribution in [0, 0.1) is 12.7 Å². The molecule has 1 aromatic carbocycles. The maximum absolute atomic E-state index is 12.9. The number of Topliss-reactive ketones (excluding diaryl/α,β-unsaturated/α-hetero) is 1. The van der Waals surface area contributed by atoms with Gasteiger partial charge < -0.3 is 0 Å². The van der Waals surface area contributed by atoms with E-state index in [0.29, 0.717) is 17.4 Å². The van der Waals surface area contributed by atoms with E-state index in [9.17, 15) is 9.18 Å². The molecule has 0 aliphatic rings. The van der Waals surface area contributed by atoms with Crippen molar-refractivity contribution < 1.29 is 9.18 Å². The SMILES string of the molecule is BCC(=O)c1ccc(C)c(F)c1. The lowest BCUT2D eigenvalue weighted by Crippen LogP contribution is -1.98. The molecule has 1 nitrogen and oxygen atoms in total. The highest BCUT2D eigenvalue weighted by Crippen LogP contribution is 2.10. The third-order valence-electron chi connectivity index (χ3n) is 1.81. The number of hydrogen-bond donors (Lipinski definition) is 0. The van der Waals surface area contributed by atoms with E-state index >= 15 is 0 Å². The van der Waals surface area contributed by atoms with Crippen LogP contribution < -0.4 is 0 Å². The second-order valence-corrected chi connectivity index (χ2v) is 2.74. The molecule has 0 spiro atoms. The summed E-state index contributed by atoms with van der Waals surface area (Å²) in [6, 6.07) is 4.57. The largest absolute Gasteiger partial charge is 0.295 e. The summed E-state index contributed by atoms with van der Waals surface area (Å²) in [5.74, 6) is -0.330. The van der Waals surface area contributed by atoms with Crippen molar-refractivity contribution in [1.82, 2.24) is 0 Å². The summed E-state index contributed by atoms with van der Waals surface area (Å²) in [6.07, 6.45) is 0.419. The van der Waals surface area contributed by atoms with Crippen molar-refractivity contribution in [3.8, 4) is 0 Å². The summed E-state index contributed by atoms with van der Waals surface area (Å²) in [7, 11) is 1.76. The lowest BCUT2D eigenvalue weighted by Gasteiger charge is -1.99. The van der Waals surface area contributed by atoms with E-state index in [-0.39, 0.29) is 11.6 Å². The predicted molar refractivity (Wildman–Crippen MR) is 48.8 cm³/mol. The third-order valence-corrected chi connectivity index (χ3v) is 1.81.